The van der Waals surface area contributed by atoms with Crippen molar-refractivity contribution in [3.63, 3.8) is 0 Å². The highest BCUT2D eigenvalue weighted by atomic mass is 16.2. The van der Waals surface area contributed by atoms with E-state index in [4.69, 9.17) is 0 Å². The van der Waals surface area contributed by atoms with Gasteiger partial charge in [-0.2, -0.15) is 0 Å². The topological polar surface area (TPSA) is 76.0 Å². The second kappa shape index (κ2) is 6.17. The van der Waals surface area contributed by atoms with Crippen LogP contribution in [0.5, 0.6) is 0 Å². The Morgan fingerprint density at radius 1 is 1.45 bits per heavy atom. The van der Waals surface area contributed by atoms with E-state index in [1.807, 2.05) is 28.8 Å². The maximum Gasteiger partial charge on any atom is 0.231 e. The Morgan fingerprint density at radius 3 is 3.00 bits per heavy atom. The average Bonchev–Trinajstić information content (AvgIpc) is 2.86. The Morgan fingerprint density at radius 2 is 2.27 bits per heavy atom. The average molecular weight is 300 g/mol. The second-order valence-electron chi connectivity index (χ2n) is 5.60. The molecule has 3 rings (SSSR count). The molecule has 6 heteroatoms. The summed E-state index contributed by atoms with van der Waals surface area (Å²) >= 11 is 0. The number of carbonyl (C=O) groups excluding carboxylic acids is 2. The molecule has 6 nitrogen and oxygen atoms in total. The number of aryl methyl sites for hydroxylation is 1. The van der Waals surface area contributed by atoms with Gasteiger partial charge in [0.25, 0.3) is 0 Å². The molecule has 2 amide bonds. The molecule has 2 heterocycles. The van der Waals surface area contributed by atoms with Crippen LogP contribution in [0.15, 0.2) is 24.3 Å². The largest absolute Gasteiger partial charge is 0.355 e. The molecule has 22 heavy (non-hydrogen) atoms. The first kappa shape index (κ1) is 14.6. The lowest BCUT2D eigenvalue weighted by molar-refractivity contribution is -0.126. The highest BCUT2D eigenvalue weighted by molar-refractivity contribution is 5.94. The molecule has 1 atom stereocenters. The van der Waals surface area contributed by atoms with E-state index in [-0.39, 0.29) is 17.7 Å². The molecule has 116 valence electrons. The predicted octanol–water partition coefficient (Wildman–Crippen LogP) is 1.91. The van der Waals surface area contributed by atoms with Crippen LogP contribution in [0, 0.1) is 5.92 Å². The van der Waals surface area contributed by atoms with E-state index in [1.54, 1.807) is 0 Å². The molecule has 0 unspecified atom stereocenters. The quantitative estimate of drug-likeness (QED) is 0.905. The summed E-state index contributed by atoms with van der Waals surface area (Å²) in [6.45, 7) is 3.30. The summed E-state index contributed by atoms with van der Waals surface area (Å²) < 4.78 is 2.04. The molecule has 0 saturated carbocycles. The smallest absolute Gasteiger partial charge is 0.231 e. The monoisotopic (exact) mass is 300 g/mol. The predicted molar refractivity (Wildman–Crippen MR) is 84.4 cm³/mol. The fourth-order valence-corrected chi connectivity index (χ4v) is 2.79. The van der Waals surface area contributed by atoms with Crippen molar-refractivity contribution in [2.24, 2.45) is 5.92 Å². The summed E-state index contributed by atoms with van der Waals surface area (Å²) in [6.07, 6.45) is 1.96. The van der Waals surface area contributed by atoms with Gasteiger partial charge in [-0.3, -0.25) is 14.9 Å². The zero-order valence-corrected chi connectivity index (χ0v) is 12.6. The van der Waals surface area contributed by atoms with Gasteiger partial charge in [-0.25, -0.2) is 4.98 Å². The van der Waals surface area contributed by atoms with Crippen LogP contribution in [0.2, 0.25) is 0 Å². The van der Waals surface area contributed by atoms with E-state index in [2.05, 4.69) is 22.5 Å². The zero-order chi connectivity index (χ0) is 15.5. The molecule has 1 saturated heterocycles. The fraction of sp³-hybridized carbons (Fsp3) is 0.438. The molecule has 0 bridgehead atoms. The van der Waals surface area contributed by atoms with Gasteiger partial charge in [0.1, 0.15) is 0 Å². The van der Waals surface area contributed by atoms with Crippen LogP contribution in [-0.4, -0.2) is 27.9 Å². The van der Waals surface area contributed by atoms with Crippen molar-refractivity contribution in [1.82, 2.24) is 14.9 Å². The molecular weight excluding hydrogens is 280 g/mol. The van der Waals surface area contributed by atoms with Crippen molar-refractivity contribution < 1.29 is 9.59 Å². The first-order valence-electron chi connectivity index (χ1n) is 7.72. The maximum absolute atomic E-state index is 12.4. The van der Waals surface area contributed by atoms with E-state index < -0.39 is 0 Å². The van der Waals surface area contributed by atoms with Gasteiger partial charge in [0.15, 0.2) is 0 Å². The molecule has 0 radical (unpaired) electrons. The standard InChI is InChI=1S/C16H20N4O2/c1-2-9-20-13-6-4-3-5-12(13)18-16(20)19-15(22)11-7-8-14(21)17-10-11/h3-6,11H,2,7-10H2,1H3,(H,17,21)(H,18,19,22)/t11-/m1/s1. The van der Waals surface area contributed by atoms with E-state index >= 15 is 0 Å². The van der Waals surface area contributed by atoms with Gasteiger partial charge in [0.05, 0.1) is 17.0 Å². The number of nitrogens with one attached hydrogen (secondary N) is 2. The number of fused-ring (bicyclic) bond motifs is 1. The molecule has 0 spiro atoms. The van der Waals surface area contributed by atoms with Gasteiger partial charge in [-0.15, -0.1) is 0 Å². The molecule has 1 aromatic carbocycles. The van der Waals surface area contributed by atoms with Gasteiger partial charge in [0, 0.05) is 19.5 Å². The number of hydrogen-bond donors (Lipinski definition) is 2. The van der Waals surface area contributed by atoms with Crippen LogP contribution >= 0.6 is 0 Å². The van der Waals surface area contributed by atoms with Crippen molar-refractivity contribution in [2.75, 3.05) is 11.9 Å². The summed E-state index contributed by atoms with van der Waals surface area (Å²) in [5.74, 6) is 0.340. The number of hydrogen-bond acceptors (Lipinski definition) is 3. The van der Waals surface area contributed by atoms with Crippen LogP contribution < -0.4 is 10.6 Å². The maximum atomic E-state index is 12.4. The van der Waals surface area contributed by atoms with Gasteiger partial charge in [0.2, 0.25) is 17.8 Å². The third-order valence-corrected chi connectivity index (χ3v) is 3.97. The molecule has 2 aromatic rings. The molecule has 1 aliphatic rings. The van der Waals surface area contributed by atoms with Gasteiger partial charge in [-0.1, -0.05) is 19.1 Å². The number of imidazole rings is 1. The highest BCUT2D eigenvalue weighted by Crippen LogP contribution is 2.21. The number of carbonyl (C=O) groups is 2. The fourth-order valence-electron chi connectivity index (χ4n) is 2.79. The van der Waals surface area contributed by atoms with Crippen LogP contribution in [0.25, 0.3) is 11.0 Å². The summed E-state index contributed by atoms with van der Waals surface area (Å²) in [4.78, 5) is 28.1. The SMILES string of the molecule is CCCn1c(NC(=O)[C@@H]2CCC(=O)NC2)nc2ccccc21. The third kappa shape index (κ3) is 2.81. The molecular formula is C16H20N4O2. The molecule has 1 aromatic heterocycles. The third-order valence-electron chi connectivity index (χ3n) is 3.97. The molecule has 0 aliphatic carbocycles. The summed E-state index contributed by atoms with van der Waals surface area (Å²) in [5.41, 5.74) is 1.90. The van der Waals surface area contributed by atoms with E-state index in [9.17, 15) is 9.59 Å². The number of benzene rings is 1. The minimum atomic E-state index is -0.187. The van der Waals surface area contributed by atoms with Crippen molar-refractivity contribution in [2.45, 2.75) is 32.7 Å². The van der Waals surface area contributed by atoms with Crippen LogP contribution in [0.1, 0.15) is 26.2 Å². The second-order valence-corrected chi connectivity index (χ2v) is 5.60. The Balaban J connectivity index is 1.82. The number of rotatable bonds is 4. The van der Waals surface area contributed by atoms with Crippen LogP contribution in [0.3, 0.4) is 0 Å². The lowest BCUT2D eigenvalue weighted by Gasteiger charge is -2.21. The Kier molecular flexibility index (Phi) is 4.09. The zero-order valence-electron chi connectivity index (χ0n) is 12.6. The van der Waals surface area contributed by atoms with Gasteiger partial charge in [-0.05, 0) is 25.0 Å². The van der Waals surface area contributed by atoms with Gasteiger partial charge < -0.3 is 9.88 Å². The minimum absolute atomic E-state index is 0.0160. The number of para-hydroxylation sites is 2. The number of amides is 2. The number of nitrogens with zero attached hydrogens (tertiary/aromatic N) is 2. The number of anilines is 1. The van der Waals surface area contributed by atoms with Crippen molar-refractivity contribution >= 4 is 28.8 Å². The molecule has 1 fully saturated rings. The Hall–Kier alpha value is -2.37. The Labute approximate surface area is 128 Å². The minimum Gasteiger partial charge on any atom is -0.355 e. The lowest BCUT2D eigenvalue weighted by Crippen LogP contribution is -2.40. The Bertz CT molecular complexity index is 697. The van der Waals surface area contributed by atoms with Crippen LogP contribution in [-0.2, 0) is 16.1 Å². The molecule has 1 aliphatic heterocycles. The summed E-state index contributed by atoms with van der Waals surface area (Å²) in [6, 6.07) is 7.86. The molecule has 2 N–H and O–H groups in total. The first-order chi connectivity index (χ1) is 10.7. The normalized spacial score (nSPS) is 18.2. The number of aromatic nitrogens is 2. The van der Waals surface area contributed by atoms with E-state index in [0.29, 0.717) is 25.3 Å². The lowest BCUT2D eigenvalue weighted by atomic mass is 9.98. The van der Waals surface area contributed by atoms with E-state index in [1.165, 1.54) is 0 Å². The van der Waals surface area contributed by atoms with Gasteiger partial charge >= 0.3 is 0 Å². The first-order valence-corrected chi connectivity index (χ1v) is 7.72. The summed E-state index contributed by atoms with van der Waals surface area (Å²) in [7, 11) is 0. The highest BCUT2D eigenvalue weighted by Gasteiger charge is 2.25. The van der Waals surface area contributed by atoms with Crippen molar-refractivity contribution in [1.29, 1.82) is 0 Å². The van der Waals surface area contributed by atoms with Crippen LogP contribution in [0.4, 0.5) is 5.95 Å². The number of piperidine rings is 1. The summed E-state index contributed by atoms with van der Waals surface area (Å²) in [5, 5.41) is 5.67. The van der Waals surface area contributed by atoms with E-state index in [0.717, 1.165) is 24.0 Å². The van der Waals surface area contributed by atoms with Crippen molar-refractivity contribution in [3.8, 4) is 0 Å². The van der Waals surface area contributed by atoms with Crippen molar-refractivity contribution in [3.05, 3.63) is 24.3 Å².